The van der Waals surface area contributed by atoms with Gasteiger partial charge in [-0.15, -0.1) is 0 Å². The molecule has 10 heavy (non-hydrogen) atoms. The second-order valence-electron chi connectivity index (χ2n) is 1.75. The predicted octanol–water partition coefficient (Wildman–Crippen LogP) is 2.36. The Kier molecular flexibility index (Phi) is 3.67. The van der Waals surface area contributed by atoms with Crippen LogP contribution in [0.15, 0.2) is 49.1 Å². The first-order chi connectivity index (χ1) is 4.70. The van der Waals surface area contributed by atoms with Gasteiger partial charge in [0.25, 0.3) is 0 Å². The molecule has 0 amide bonds. The smallest absolute Gasteiger partial charge is 0.0985 e. The zero-order valence-corrected chi connectivity index (χ0v) is 5.80. The quantitative estimate of drug-likeness (QED) is 0.426. The number of hydrogen-bond acceptors (Lipinski definition) is 1. The van der Waals surface area contributed by atoms with Crippen LogP contribution in [-0.4, -0.2) is 0 Å². The minimum atomic E-state index is 0.419. The summed E-state index contributed by atoms with van der Waals surface area (Å²) in [5, 5.41) is 8.26. The van der Waals surface area contributed by atoms with Gasteiger partial charge in [-0.1, -0.05) is 31.9 Å². The normalized spacial score (nSPS) is 8.70. The summed E-state index contributed by atoms with van der Waals surface area (Å²) in [6, 6.07) is 1.89. The largest absolute Gasteiger partial charge is 0.192 e. The highest BCUT2D eigenvalue weighted by molar-refractivity contribution is 5.36. The van der Waals surface area contributed by atoms with Gasteiger partial charge < -0.3 is 0 Å². The Hall–Kier alpha value is -1.55. The lowest BCUT2D eigenvalue weighted by Gasteiger charge is -1.84. The van der Waals surface area contributed by atoms with Crippen molar-refractivity contribution in [2.24, 2.45) is 0 Å². The molecule has 0 aromatic rings. The lowest BCUT2D eigenvalue weighted by atomic mass is 10.2. The summed E-state index contributed by atoms with van der Waals surface area (Å²) in [5.41, 5.74) is 1.19. The molecule has 0 bridgehead atoms. The number of nitrogens with zero attached hydrogens (tertiary/aromatic N) is 1. The molecule has 0 aliphatic rings. The van der Waals surface area contributed by atoms with Crippen molar-refractivity contribution in [3.05, 3.63) is 49.1 Å². The molecule has 0 saturated carbocycles. The van der Waals surface area contributed by atoms with Gasteiger partial charge in [-0.05, 0) is 11.6 Å². The van der Waals surface area contributed by atoms with Crippen LogP contribution in [0.4, 0.5) is 0 Å². The van der Waals surface area contributed by atoms with Gasteiger partial charge in [0.1, 0.15) is 0 Å². The third-order valence-electron chi connectivity index (χ3n) is 0.904. The average molecular weight is 131 g/mol. The molecule has 50 valence electrons. The van der Waals surface area contributed by atoms with E-state index in [0.717, 1.165) is 5.57 Å². The lowest BCUT2D eigenvalue weighted by Crippen LogP contribution is -1.67. The van der Waals surface area contributed by atoms with Crippen LogP contribution >= 0.6 is 0 Å². The minimum Gasteiger partial charge on any atom is -0.192 e. The second kappa shape index (κ2) is 4.34. The van der Waals surface area contributed by atoms with E-state index in [9.17, 15) is 0 Å². The molecule has 0 radical (unpaired) electrons. The van der Waals surface area contributed by atoms with E-state index in [4.69, 9.17) is 5.26 Å². The highest BCUT2D eigenvalue weighted by Gasteiger charge is 1.80. The molecule has 1 heteroatoms. The van der Waals surface area contributed by atoms with E-state index >= 15 is 0 Å². The van der Waals surface area contributed by atoms with Gasteiger partial charge in [0.15, 0.2) is 0 Å². The van der Waals surface area contributed by atoms with E-state index in [1.54, 1.807) is 18.2 Å². The molecular formula is C9H9N. The van der Waals surface area contributed by atoms with Crippen molar-refractivity contribution in [3.8, 4) is 6.07 Å². The Morgan fingerprint density at radius 2 is 1.90 bits per heavy atom. The molecule has 0 N–H and O–H groups in total. The van der Waals surface area contributed by atoms with Crippen LogP contribution in [0, 0.1) is 11.3 Å². The van der Waals surface area contributed by atoms with Gasteiger partial charge in [-0.3, -0.25) is 0 Å². The third-order valence-corrected chi connectivity index (χ3v) is 0.904. The fraction of sp³-hybridized carbons (Fsp3) is 0. The molecule has 0 aromatic heterocycles. The van der Waals surface area contributed by atoms with Crippen LogP contribution in [0.3, 0.4) is 0 Å². The highest BCUT2D eigenvalue weighted by Crippen LogP contribution is 1.96. The molecule has 0 saturated heterocycles. The molecule has 0 heterocycles. The molecule has 0 fully saturated rings. The van der Waals surface area contributed by atoms with Crippen molar-refractivity contribution in [1.82, 2.24) is 0 Å². The van der Waals surface area contributed by atoms with E-state index in [-0.39, 0.29) is 0 Å². The summed E-state index contributed by atoms with van der Waals surface area (Å²) in [6.45, 7) is 10.6. The van der Waals surface area contributed by atoms with Crippen molar-refractivity contribution in [2.45, 2.75) is 0 Å². The van der Waals surface area contributed by atoms with Crippen molar-refractivity contribution >= 4 is 0 Å². The average Bonchev–Trinajstić information content (AvgIpc) is 1.99. The number of nitriles is 1. The van der Waals surface area contributed by atoms with Crippen LogP contribution < -0.4 is 0 Å². The van der Waals surface area contributed by atoms with E-state index in [2.05, 4.69) is 19.7 Å². The van der Waals surface area contributed by atoms with Gasteiger partial charge >= 0.3 is 0 Å². The Morgan fingerprint density at radius 3 is 2.30 bits per heavy atom. The summed E-state index contributed by atoms with van der Waals surface area (Å²) < 4.78 is 0. The van der Waals surface area contributed by atoms with Gasteiger partial charge in [0.2, 0.25) is 0 Å². The summed E-state index contributed by atoms with van der Waals surface area (Å²) in [7, 11) is 0. The SMILES string of the molecule is C=CC(=C)/C=C\C(=C)C#N. The first-order valence-electron chi connectivity index (χ1n) is 2.79. The van der Waals surface area contributed by atoms with Crippen molar-refractivity contribution in [2.75, 3.05) is 0 Å². The van der Waals surface area contributed by atoms with Gasteiger partial charge in [0, 0.05) is 5.57 Å². The molecule has 0 spiro atoms. The zero-order valence-electron chi connectivity index (χ0n) is 5.80. The number of rotatable bonds is 3. The van der Waals surface area contributed by atoms with Crippen LogP contribution in [0.25, 0.3) is 0 Å². The monoisotopic (exact) mass is 131 g/mol. The molecule has 0 aromatic carbocycles. The Morgan fingerprint density at radius 1 is 1.30 bits per heavy atom. The van der Waals surface area contributed by atoms with Crippen LogP contribution in [0.1, 0.15) is 0 Å². The zero-order chi connectivity index (χ0) is 7.98. The second-order valence-corrected chi connectivity index (χ2v) is 1.75. The lowest BCUT2D eigenvalue weighted by molar-refractivity contribution is 1.50. The Labute approximate surface area is 61.3 Å². The molecule has 0 aliphatic heterocycles. The maximum absolute atomic E-state index is 8.26. The van der Waals surface area contributed by atoms with Crippen molar-refractivity contribution in [3.63, 3.8) is 0 Å². The topological polar surface area (TPSA) is 23.8 Å². The third kappa shape index (κ3) is 3.45. The molecule has 1 nitrogen and oxygen atoms in total. The van der Waals surface area contributed by atoms with E-state index in [1.807, 2.05) is 6.07 Å². The number of allylic oxidation sites excluding steroid dienone is 5. The van der Waals surface area contributed by atoms with Crippen molar-refractivity contribution < 1.29 is 0 Å². The molecule has 0 unspecified atom stereocenters. The van der Waals surface area contributed by atoms with Crippen LogP contribution in [0.2, 0.25) is 0 Å². The molecular weight excluding hydrogens is 122 g/mol. The predicted molar refractivity (Wildman–Crippen MR) is 43.2 cm³/mol. The summed E-state index contributed by atoms with van der Waals surface area (Å²) >= 11 is 0. The summed E-state index contributed by atoms with van der Waals surface area (Å²) in [4.78, 5) is 0. The Bertz CT molecular complexity index is 226. The highest BCUT2D eigenvalue weighted by atomic mass is 14.2. The fourth-order valence-corrected chi connectivity index (χ4v) is 0.313. The maximum atomic E-state index is 8.26. The summed E-state index contributed by atoms with van der Waals surface area (Å²) in [5.74, 6) is 0. The number of hydrogen-bond donors (Lipinski definition) is 0. The standard InChI is InChI=1S/C9H9N/c1-4-8(2)5-6-9(3)7-10/h4-6H,1-3H2/b6-5-. The molecule has 0 rings (SSSR count). The first kappa shape index (κ1) is 8.45. The van der Waals surface area contributed by atoms with Crippen LogP contribution in [-0.2, 0) is 0 Å². The molecule has 0 aliphatic carbocycles. The summed E-state index contributed by atoms with van der Waals surface area (Å²) in [6.07, 6.45) is 4.91. The minimum absolute atomic E-state index is 0.419. The van der Waals surface area contributed by atoms with Gasteiger partial charge in [0.05, 0.1) is 6.07 Å². The van der Waals surface area contributed by atoms with Gasteiger partial charge in [-0.2, -0.15) is 5.26 Å². The van der Waals surface area contributed by atoms with E-state index in [0.29, 0.717) is 5.57 Å². The van der Waals surface area contributed by atoms with Crippen LogP contribution in [0.5, 0.6) is 0 Å². The van der Waals surface area contributed by atoms with Gasteiger partial charge in [-0.25, -0.2) is 0 Å². The van der Waals surface area contributed by atoms with Crippen molar-refractivity contribution in [1.29, 1.82) is 5.26 Å². The Balaban J connectivity index is 4.03. The maximum Gasteiger partial charge on any atom is 0.0985 e. The molecule has 0 atom stereocenters. The fourth-order valence-electron chi connectivity index (χ4n) is 0.313. The first-order valence-corrected chi connectivity index (χ1v) is 2.79. The van der Waals surface area contributed by atoms with E-state index < -0.39 is 0 Å². The van der Waals surface area contributed by atoms with E-state index in [1.165, 1.54) is 0 Å².